The Hall–Kier alpha value is -3.07. The SMILES string of the molecule is CC/C=C\C/C=C\C/C=C\C/C=C\CCCCCCCCCCCCCCCCCCCCCCCCCCCCC(=O)OC(COC(=O)CCCCCCCCCCCCCCCC/C=C\C/C=C\C/C=C\C/C=C\CC)COP(=O)(O)OCC[N+](C)(C)C. The van der Waals surface area contributed by atoms with Crippen LogP contribution in [0.4, 0.5) is 0 Å². The summed E-state index contributed by atoms with van der Waals surface area (Å²) in [5.74, 6) is -0.784. The van der Waals surface area contributed by atoms with Crippen molar-refractivity contribution in [3.63, 3.8) is 0 Å². The molecule has 0 aromatic rings. The van der Waals surface area contributed by atoms with Gasteiger partial charge in [-0.2, -0.15) is 0 Å². The Morgan fingerprint density at radius 2 is 0.600 bits per heavy atom. The number of rotatable bonds is 70. The number of hydrogen-bond acceptors (Lipinski definition) is 7. The van der Waals surface area contributed by atoms with Crippen molar-refractivity contribution in [2.45, 2.75) is 354 Å². The summed E-state index contributed by atoms with van der Waals surface area (Å²) in [6.45, 7) is 4.25. The highest BCUT2D eigenvalue weighted by Crippen LogP contribution is 2.43. The highest BCUT2D eigenvalue weighted by molar-refractivity contribution is 7.47. The molecule has 0 spiro atoms. The third kappa shape index (κ3) is 74.0. The zero-order valence-electron chi connectivity index (χ0n) is 59.6. The monoisotopic (exact) mass is 1280 g/mol. The maximum atomic E-state index is 12.9. The van der Waals surface area contributed by atoms with E-state index >= 15 is 0 Å². The number of nitrogens with zero attached hydrogens (tertiary/aromatic N) is 1. The minimum absolute atomic E-state index is 0.0312. The molecule has 0 saturated carbocycles. The van der Waals surface area contributed by atoms with Crippen LogP contribution in [0.2, 0.25) is 0 Å². The predicted molar refractivity (Wildman–Crippen MR) is 390 cm³/mol. The maximum absolute atomic E-state index is 12.9. The van der Waals surface area contributed by atoms with Crippen molar-refractivity contribution in [1.29, 1.82) is 0 Å². The molecule has 0 amide bonds. The van der Waals surface area contributed by atoms with E-state index in [1.807, 2.05) is 21.1 Å². The van der Waals surface area contributed by atoms with E-state index in [0.29, 0.717) is 17.4 Å². The van der Waals surface area contributed by atoms with Gasteiger partial charge in [-0.05, 0) is 89.9 Å². The molecule has 0 bridgehead atoms. The van der Waals surface area contributed by atoms with E-state index in [4.69, 9.17) is 18.5 Å². The average molecular weight is 1280 g/mol. The second-order valence-corrected chi connectivity index (χ2v) is 28.1. The third-order valence-corrected chi connectivity index (χ3v) is 17.6. The van der Waals surface area contributed by atoms with Gasteiger partial charge >= 0.3 is 19.8 Å². The van der Waals surface area contributed by atoms with E-state index in [0.717, 1.165) is 83.5 Å². The van der Waals surface area contributed by atoms with Crippen LogP contribution >= 0.6 is 7.82 Å². The van der Waals surface area contributed by atoms with Gasteiger partial charge < -0.3 is 18.9 Å². The van der Waals surface area contributed by atoms with Crippen LogP contribution in [0, 0.1) is 0 Å². The van der Waals surface area contributed by atoms with E-state index in [1.165, 1.54) is 231 Å². The molecule has 90 heavy (non-hydrogen) atoms. The van der Waals surface area contributed by atoms with Crippen molar-refractivity contribution in [2.24, 2.45) is 0 Å². The van der Waals surface area contributed by atoms with Gasteiger partial charge in [-0.3, -0.25) is 18.6 Å². The topological polar surface area (TPSA) is 108 Å². The van der Waals surface area contributed by atoms with Gasteiger partial charge in [0.15, 0.2) is 6.10 Å². The summed E-state index contributed by atoms with van der Waals surface area (Å²) in [5.41, 5.74) is 0. The fourth-order valence-electron chi connectivity index (χ4n) is 10.9. The molecule has 2 unspecified atom stereocenters. The van der Waals surface area contributed by atoms with Gasteiger partial charge in [-0.1, -0.05) is 342 Å². The molecule has 522 valence electrons. The maximum Gasteiger partial charge on any atom is 0.472 e. The van der Waals surface area contributed by atoms with E-state index in [2.05, 4.69) is 111 Å². The first kappa shape index (κ1) is 86.9. The molecule has 0 aliphatic carbocycles. The smallest absolute Gasteiger partial charge is 0.462 e. The first-order valence-electron chi connectivity index (χ1n) is 38.0. The van der Waals surface area contributed by atoms with Crippen LogP contribution in [0.1, 0.15) is 348 Å². The number of ether oxygens (including phenoxy) is 2. The molecule has 0 fully saturated rings. The minimum atomic E-state index is -4.40. The molecule has 9 nitrogen and oxygen atoms in total. The number of allylic oxidation sites excluding steroid dienone is 16. The number of esters is 2. The second-order valence-electron chi connectivity index (χ2n) is 26.6. The normalized spacial score (nSPS) is 13.6. The molecule has 0 rings (SSSR count). The zero-order chi connectivity index (χ0) is 65.5. The number of unbranched alkanes of at least 4 members (excludes halogenated alkanes) is 40. The molecule has 0 saturated heterocycles. The summed E-state index contributed by atoms with van der Waals surface area (Å²) < 4.78 is 34.8. The first-order valence-corrected chi connectivity index (χ1v) is 39.5. The molecule has 10 heteroatoms. The number of phosphoric acid groups is 1. The molecular formula is C80H145NO8P+. The van der Waals surface area contributed by atoms with Crippen molar-refractivity contribution < 1.29 is 42.1 Å². The van der Waals surface area contributed by atoms with Crippen molar-refractivity contribution >= 4 is 19.8 Å². The standard InChI is InChI=1S/C80H144NO8P/c1-6-8-10-12-14-16-18-20-22-24-26-28-30-32-34-35-36-37-38-39-40-41-42-43-44-45-47-49-51-53-55-57-59-61-63-65-67-69-71-73-80(83)89-78(77-88-90(84,85)87-75-74-81(3,4)5)76-86-79(82)72-70-68-66-64-62-60-58-56-54-52-50-48-46-33-31-29-27-25-23-21-19-17-15-13-11-9-7-2/h8-11,14-17,20-23,26-29,78H,6-7,12-13,18-19,24-25,30-77H2,1-5H3/p+1/b10-8-,11-9-,16-14-,17-15-,22-20-,23-21-,28-26-,29-27-. The molecule has 1 N–H and O–H groups in total. The summed E-state index contributed by atoms with van der Waals surface area (Å²) in [5, 5.41) is 0. The lowest BCUT2D eigenvalue weighted by atomic mass is 10.0. The van der Waals surface area contributed by atoms with Gasteiger partial charge in [0, 0.05) is 12.8 Å². The number of hydrogen-bond donors (Lipinski definition) is 1. The van der Waals surface area contributed by atoms with Gasteiger partial charge in [-0.15, -0.1) is 0 Å². The highest BCUT2D eigenvalue weighted by Gasteiger charge is 2.27. The van der Waals surface area contributed by atoms with Crippen LogP contribution in [0.3, 0.4) is 0 Å². The molecule has 0 aromatic carbocycles. The van der Waals surface area contributed by atoms with Gasteiger partial charge in [-0.25, -0.2) is 4.57 Å². The minimum Gasteiger partial charge on any atom is -0.462 e. The van der Waals surface area contributed by atoms with Crippen LogP contribution in [-0.4, -0.2) is 74.9 Å². The van der Waals surface area contributed by atoms with Gasteiger partial charge in [0.2, 0.25) is 0 Å². The molecular weight excluding hydrogens is 1130 g/mol. The number of likely N-dealkylation sites (N-methyl/N-ethyl adjacent to an activating group) is 1. The Labute approximate surface area is 557 Å². The molecule has 0 aliphatic heterocycles. The van der Waals surface area contributed by atoms with E-state index < -0.39 is 26.5 Å². The summed E-state index contributed by atoms with van der Waals surface area (Å²) >= 11 is 0. The first-order chi connectivity index (χ1) is 44.0. The van der Waals surface area contributed by atoms with Gasteiger partial charge in [0.25, 0.3) is 0 Å². The lowest BCUT2D eigenvalue weighted by Crippen LogP contribution is -2.37. The summed E-state index contributed by atoms with van der Waals surface area (Å²) in [4.78, 5) is 35.9. The van der Waals surface area contributed by atoms with Gasteiger partial charge in [0.1, 0.15) is 19.8 Å². The van der Waals surface area contributed by atoms with Crippen LogP contribution in [0.15, 0.2) is 97.2 Å². The molecule has 0 aliphatic rings. The highest BCUT2D eigenvalue weighted by atomic mass is 31.2. The number of phosphoric ester groups is 1. The van der Waals surface area contributed by atoms with E-state index in [9.17, 15) is 19.0 Å². The zero-order valence-corrected chi connectivity index (χ0v) is 60.5. The summed E-state index contributed by atoms with van der Waals surface area (Å²) in [6, 6.07) is 0. The predicted octanol–water partition coefficient (Wildman–Crippen LogP) is 25.1. The Balaban J connectivity index is 3.93. The molecule has 0 aromatic heterocycles. The lowest BCUT2D eigenvalue weighted by molar-refractivity contribution is -0.870. The number of carbonyl (C=O) groups excluding carboxylic acids is 2. The lowest BCUT2D eigenvalue weighted by Gasteiger charge is -2.24. The molecule has 0 heterocycles. The van der Waals surface area contributed by atoms with Crippen LogP contribution in [0.25, 0.3) is 0 Å². The van der Waals surface area contributed by atoms with E-state index in [-0.39, 0.29) is 32.0 Å². The van der Waals surface area contributed by atoms with Crippen molar-refractivity contribution in [3.8, 4) is 0 Å². The van der Waals surface area contributed by atoms with Crippen molar-refractivity contribution in [1.82, 2.24) is 0 Å². The van der Waals surface area contributed by atoms with Crippen molar-refractivity contribution in [3.05, 3.63) is 97.2 Å². The fraction of sp³-hybridized carbons (Fsp3) is 0.775. The Morgan fingerprint density at radius 3 is 0.889 bits per heavy atom. The van der Waals surface area contributed by atoms with Crippen LogP contribution in [-0.2, 0) is 32.7 Å². The fourth-order valence-corrected chi connectivity index (χ4v) is 11.6. The largest absolute Gasteiger partial charge is 0.472 e. The summed E-state index contributed by atoms with van der Waals surface area (Å²) in [6.07, 6.45) is 98.3. The Bertz CT molecular complexity index is 1840. The number of quaternary nitrogens is 1. The molecule has 2 atom stereocenters. The number of carbonyl (C=O) groups is 2. The Kier molecular flexibility index (Phi) is 67.9. The second kappa shape index (κ2) is 70.3. The summed E-state index contributed by atoms with van der Waals surface area (Å²) in [7, 11) is 1.49. The Morgan fingerprint density at radius 1 is 0.344 bits per heavy atom. The average Bonchev–Trinajstić information content (AvgIpc) is 3.58. The molecule has 0 radical (unpaired) electrons. The van der Waals surface area contributed by atoms with E-state index in [1.54, 1.807) is 0 Å². The third-order valence-electron chi connectivity index (χ3n) is 16.6. The van der Waals surface area contributed by atoms with Gasteiger partial charge in [0.05, 0.1) is 27.7 Å². The van der Waals surface area contributed by atoms with Crippen LogP contribution in [0.5, 0.6) is 0 Å². The quantitative estimate of drug-likeness (QED) is 0.0211. The van der Waals surface area contributed by atoms with Crippen molar-refractivity contribution in [2.75, 3.05) is 47.5 Å². The van der Waals surface area contributed by atoms with Crippen LogP contribution < -0.4 is 0 Å².